The Morgan fingerprint density at radius 2 is 2.17 bits per heavy atom. The minimum atomic E-state index is -0.495. The van der Waals surface area contributed by atoms with Crippen LogP contribution < -0.4 is 5.73 Å². The first-order valence-corrected chi connectivity index (χ1v) is 8.21. The zero-order chi connectivity index (χ0) is 17.4. The molecule has 0 unspecified atom stereocenters. The number of rotatable bonds is 4. The number of carbonyl (C=O) groups is 2. The third-order valence-corrected chi connectivity index (χ3v) is 4.82. The molecule has 2 N–H and O–H groups in total. The molecule has 3 rings (SSSR count). The molecule has 6 nitrogen and oxygen atoms in total. The van der Waals surface area contributed by atoms with E-state index in [-0.39, 0.29) is 12.4 Å². The Bertz CT molecular complexity index is 942. The zero-order valence-electron chi connectivity index (χ0n) is 13.5. The van der Waals surface area contributed by atoms with Crippen LogP contribution in [-0.4, -0.2) is 23.3 Å². The van der Waals surface area contributed by atoms with E-state index in [0.29, 0.717) is 43.4 Å². The number of ketones is 1. The Balaban J connectivity index is 2.45. The van der Waals surface area contributed by atoms with E-state index in [4.69, 9.17) is 14.9 Å². The number of esters is 1. The number of aryl methyl sites for hydroxylation is 1. The number of thiophene rings is 1. The number of fused-ring (bicyclic) bond motifs is 1. The van der Waals surface area contributed by atoms with E-state index in [1.54, 1.807) is 26.0 Å². The number of carbonyl (C=O) groups excluding carboxylic acids is 2. The van der Waals surface area contributed by atoms with E-state index in [0.717, 1.165) is 0 Å². The van der Waals surface area contributed by atoms with Gasteiger partial charge in [-0.05, 0) is 26.0 Å². The van der Waals surface area contributed by atoms with Gasteiger partial charge in [0.1, 0.15) is 10.6 Å². The largest absolute Gasteiger partial charge is 0.464 e. The van der Waals surface area contributed by atoms with Crippen molar-refractivity contribution in [2.24, 2.45) is 0 Å². The van der Waals surface area contributed by atoms with Crippen LogP contribution in [0, 0.1) is 6.92 Å². The van der Waals surface area contributed by atoms with Crippen LogP contribution >= 0.6 is 11.3 Å². The summed E-state index contributed by atoms with van der Waals surface area (Å²) in [6.45, 7) is 5.15. The molecule has 0 amide bonds. The van der Waals surface area contributed by atoms with E-state index in [9.17, 15) is 9.59 Å². The highest BCUT2D eigenvalue weighted by Gasteiger charge is 2.27. The van der Waals surface area contributed by atoms with Crippen LogP contribution in [0.2, 0.25) is 0 Å². The fraction of sp³-hybridized carbons (Fsp3) is 0.235. The Hall–Kier alpha value is -2.67. The number of nitrogen functional groups attached to an aromatic ring is 1. The lowest BCUT2D eigenvalue weighted by Gasteiger charge is -2.11. The van der Waals surface area contributed by atoms with Crippen molar-refractivity contribution in [1.82, 2.24) is 4.98 Å². The molecule has 24 heavy (non-hydrogen) atoms. The monoisotopic (exact) mass is 344 g/mol. The molecule has 0 aromatic carbocycles. The van der Waals surface area contributed by atoms with Crippen molar-refractivity contribution in [2.75, 3.05) is 12.3 Å². The standard InChI is InChI=1S/C17H16N2O4S/c1-4-22-17(21)11-8(2)19-16-13(12(11)10-6-5-7-23-10)14(18)15(24-16)9(3)20/h5-7H,4,18H2,1-3H3. The van der Waals surface area contributed by atoms with Crippen molar-refractivity contribution in [2.45, 2.75) is 20.8 Å². The van der Waals surface area contributed by atoms with Crippen LogP contribution in [0.4, 0.5) is 5.69 Å². The summed E-state index contributed by atoms with van der Waals surface area (Å²) < 4.78 is 10.7. The van der Waals surface area contributed by atoms with Gasteiger partial charge in [0.2, 0.25) is 0 Å². The molecular weight excluding hydrogens is 328 g/mol. The predicted octanol–water partition coefficient (Wildman–Crippen LogP) is 3.83. The van der Waals surface area contributed by atoms with Gasteiger partial charge in [0.25, 0.3) is 0 Å². The summed E-state index contributed by atoms with van der Waals surface area (Å²) in [6.07, 6.45) is 1.51. The lowest BCUT2D eigenvalue weighted by Crippen LogP contribution is -2.10. The smallest absolute Gasteiger partial charge is 0.340 e. The van der Waals surface area contributed by atoms with Crippen LogP contribution in [0.3, 0.4) is 0 Å². The number of pyridine rings is 1. The third kappa shape index (κ3) is 2.46. The van der Waals surface area contributed by atoms with E-state index < -0.39 is 5.97 Å². The molecule has 124 valence electrons. The van der Waals surface area contributed by atoms with Crippen molar-refractivity contribution in [1.29, 1.82) is 0 Å². The van der Waals surface area contributed by atoms with Crippen molar-refractivity contribution < 1.29 is 18.7 Å². The summed E-state index contributed by atoms with van der Waals surface area (Å²) in [5.41, 5.74) is 7.83. The minimum absolute atomic E-state index is 0.142. The first kappa shape index (κ1) is 16.2. The molecule has 0 spiro atoms. The second kappa shape index (κ2) is 6.09. The molecule has 0 atom stereocenters. The second-order valence-electron chi connectivity index (χ2n) is 5.23. The van der Waals surface area contributed by atoms with E-state index in [1.807, 2.05) is 0 Å². The number of hydrogen-bond acceptors (Lipinski definition) is 7. The first-order chi connectivity index (χ1) is 11.5. The van der Waals surface area contributed by atoms with E-state index >= 15 is 0 Å². The Morgan fingerprint density at radius 3 is 2.75 bits per heavy atom. The summed E-state index contributed by atoms with van der Waals surface area (Å²) >= 11 is 1.21. The number of furan rings is 1. The summed E-state index contributed by atoms with van der Waals surface area (Å²) in [6, 6.07) is 3.46. The van der Waals surface area contributed by atoms with Crippen LogP contribution in [0.5, 0.6) is 0 Å². The first-order valence-electron chi connectivity index (χ1n) is 7.40. The third-order valence-electron chi connectivity index (χ3n) is 3.62. The van der Waals surface area contributed by atoms with Gasteiger partial charge in [0.05, 0.1) is 34.7 Å². The predicted molar refractivity (Wildman–Crippen MR) is 92.4 cm³/mol. The van der Waals surface area contributed by atoms with Gasteiger partial charge in [-0.3, -0.25) is 4.79 Å². The normalized spacial score (nSPS) is 11.0. The SMILES string of the molecule is CCOC(=O)c1c(C)nc2sc(C(C)=O)c(N)c2c1-c1ccco1. The van der Waals surface area contributed by atoms with Gasteiger partial charge in [-0.15, -0.1) is 11.3 Å². The highest BCUT2D eigenvalue weighted by Crippen LogP contribution is 2.42. The highest BCUT2D eigenvalue weighted by atomic mass is 32.1. The Labute approximate surface area is 142 Å². The molecule has 3 aromatic heterocycles. The van der Waals surface area contributed by atoms with Gasteiger partial charge in [-0.1, -0.05) is 0 Å². The summed E-state index contributed by atoms with van der Waals surface area (Å²) in [7, 11) is 0. The molecule has 0 aliphatic heterocycles. The second-order valence-corrected chi connectivity index (χ2v) is 6.23. The molecule has 0 aliphatic carbocycles. The highest BCUT2D eigenvalue weighted by molar-refractivity contribution is 7.21. The molecular formula is C17H16N2O4S. The minimum Gasteiger partial charge on any atom is -0.464 e. The lowest BCUT2D eigenvalue weighted by atomic mass is 10.00. The molecule has 0 bridgehead atoms. The zero-order valence-corrected chi connectivity index (χ0v) is 14.3. The number of Topliss-reactive ketones (excluding diaryl/α,β-unsaturated/α-hetero) is 1. The van der Waals surface area contributed by atoms with Crippen LogP contribution in [0.1, 0.15) is 39.6 Å². The summed E-state index contributed by atoms with van der Waals surface area (Å²) in [5, 5.41) is 0.550. The molecule has 3 aromatic rings. The number of hydrogen-bond donors (Lipinski definition) is 1. The molecule has 0 radical (unpaired) electrons. The van der Waals surface area contributed by atoms with Crippen LogP contribution in [-0.2, 0) is 4.74 Å². The summed E-state index contributed by atoms with van der Waals surface area (Å²) in [5.74, 6) is -0.157. The van der Waals surface area contributed by atoms with Crippen molar-refractivity contribution in [3.05, 3.63) is 34.5 Å². The van der Waals surface area contributed by atoms with Gasteiger partial charge >= 0.3 is 5.97 Å². The average Bonchev–Trinajstić information content (AvgIpc) is 3.14. The van der Waals surface area contributed by atoms with Gasteiger partial charge in [-0.25, -0.2) is 9.78 Å². The molecule has 0 saturated carbocycles. The van der Waals surface area contributed by atoms with Crippen LogP contribution in [0.15, 0.2) is 22.8 Å². The number of nitrogens with two attached hydrogens (primary N) is 1. The quantitative estimate of drug-likeness (QED) is 0.571. The average molecular weight is 344 g/mol. The molecule has 0 fully saturated rings. The molecule has 0 aliphatic rings. The van der Waals surface area contributed by atoms with Gasteiger partial charge in [0.15, 0.2) is 5.78 Å². The molecule has 3 heterocycles. The van der Waals surface area contributed by atoms with Gasteiger partial charge < -0.3 is 14.9 Å². The van der Waals surface area contributed by atoms with Gasteiger partial charge in [0, 0.05) is 17.9 Å². The van der Waals surface area contributed by atoms with Gasteiger partial charge in [-0.2, -0.15) is 0 Å². The maximum Gasteiger partial charge on any atom is 0.340 e. The number of anilines is 1. The van der Waals surface area contributed by atoms with Crippen molar-refractivity contribution in [3.63, 3.8) is 0 Å². The molecule has 0 saturated heterocycles. The number of ether oxygens (including phenoxy) is 1. The summed E-state index contributed by atoms with van der Waals surface area (Å²) in [4.78, 5) is 29.8. The van der Waals surface area contributed by atoms with Crippen molar-refractivity contribution in [3.8, 4) is 11.3 Å². The fourth-order valence-electron chi connectivity index (χ4n) is 2.65. The topological polar surface area (TPSA) is 95.4 Å². The number of nitrogens with zero attached hydrogens (tertiary/aromatic N) is 1. The van der Waals surface area contributed by atoms with Crippen LogP contribution in [0.25, 0.3) is 21.5 Å². The number of aromatic nitrogens is 1. The van der Waals surface area contributed by atoms with Crippen molar-refractivity contribution >= 4 is 39.0 Å². The maximum atomic E-state index is 12.5. The fourth-order valence-corrected chi connectivity index (χ4v) is 3.69. The van der Waals surface area contributed by atoms with E-state index in [1.165, 1.54) is 24.5 Å². The van der Waals surface area contributed by atoms with E-state index in [2.05, 4.69) is 4.98 Å². The Kier molecular flexibility index (Phi) is 4.11. The lowest BCUT2D eigenvalue weighted by molar-refractivity contribution is 0.0525. The Morgan fingerprint density at radius 1 is 1.42 bits per heavy atom. The maximum absolute atomic E-state index is 12.5. The molecule has 7 heteroatoms.